The van der Waals surface area contributed by atoms with E-state index in [2.05, 4.69) is 9.80 Å². The Morgan fingerprint density at radius 1 is 0.947 bits per heavy atom. The number of hydrogen-bond donors (Lipinski definition) is 0. The van der Waals surface area contributed by atoms with Gasteiger partial charge in [-0.05, 0) is 25.7 Å². The van der Waals surface area contributed by atoms with Gasteiger partial charge < -0.3 is 4.79 Å². The van der Waals surface area contributed by atoms with Crippen LogP contribution < -0.4 is 0 Å². The van der Waals surface area contributed by atoms with Crippen molar-refractivity contribution in [3.8, 4) is 0 Å². The SMILES string of the molecule is O=CC1(CN2CCN(C3CC3)CC2)CCCCCC1. The van der Waals surface area contributed by atoms with E-state index in [0.29, 0.717) is 0 Å². The summed E-state index contributed by atoms with van der Waals surface area (Å²) in [7, 11) is 0. The van der Waals surface area contributed by atoms with E-state index in [4.69, 9.17) is 0 Å². The number of carbonyl (C=O) groups is 1. The molecule has 0 aromatic carbocycles. The van der Waals surface area contributed by atoms with Gasteiger partial charge >= 0.3 is 0 Å². The van der Waals surface area contributed by atoms with Gasteiger partial charge in [0.05, 0.1) is 0 Å². The summed E-state index contributed by atoms with van der Waals surface area (Å²) >= 11 is 0. The molecular formula is C16H28N2O. The van der Waals surface area contributed by atoms with Crippen LogP contribution in [-0.4, -0.2) is 54.9 Å². The molecule has 108 valence electrons. The van der Waals surface area contributed by atoms with E-state index in [1.54, 1.807) is 0 Å². The summed E-state index contributed by atoms with van der Waals surface area (Å²) in [6.07, 6.45) is 11.5. The third-order valence-corrected chi connectivity index (χ3v) is 5.36. The number of carbonyl (C=O) groups excluding carboxylic acids is 1. The summed E-state index contributed by atoms with van der Waals surface area (Å²) in [5.41, 5.74) is -0.0156. The molecule has 2 saturated carbocycles. The van der Waals surface area contributed by atoms with Crippen LogP contribution in [-0.2, 0) is 4.79 Å². The maximum atomic E-state index is 11.7. The Morgan fingerprint density at radius 2 is 1.58 bits per heavy atom. The van der Waals surface area contributed by atoms with Gasteiger partial charge in [-0.15, -0.1) is 0 Å². The number of rotatable bonds is 4. The zero-order valence-corrected chi connectivity index (χ0v) is 12.1. The fourth-order valence-corrected chi connectivity index (χ4v) is 3.92. The lowest BCUT2D eigenvalue weighted by molar-refractivity contribution is -0.118. The van der Waals surface area contributed by atoms with Gasteiger partial charge in [-0.25, -0.2) is 0 Å². The first-order valence-electron chi connectivity index (χ1n) is 8.24. The Morgan fingerprint density at radius 3 is 2.11 bits per heavy atom. The van der Waals surface area contributed by atoms with Crippen LogP contribution in [0.1, 0.15) is 51.4 Å². The maximum absolute atomic E-state index is 11.7. The highest BCUT2D eigenvalue weighted by molar-refractivity contribution is 5.59. The summed E-state index contributed by atoms with van der Waals surface area (Å²) in [6, 6.07) is 0.903. The van der Waals surface area contributed by atoms with Crippen LogP contribution in [0.5, 0.6) is 0 Å². The van der Waals surface area contributed by atoms with Gasteiger partial charge in [0.15, 0.2) is 0 Å². The van der Waals surface area contributed by atoms with Crippen molar-refractivity contribution in [2.75, 3.05) is 32.7 Å². The smallest absolute Gasteiger partial charge is 0.127 e. The second-order valence-corrected chi connectivity index (χ2v) is 6.94. The summed E-state index contributed by atoms with van der Waals surface area (Å²) in [6.45, 7) is 5.81. The monoisotopic (exact) mass is 264 g/mol. The normalized spacial score (nSPS) is 29.9. The number of aldehydes is 1. The molecule has 1 saturated heterocycles. The predicted molar refractivity (Wildman–Crippen MR) is 77.2 cm³/mol. The second-order valence-electron chi connectivity index (χ2n) is 6.94. The van der Waals surface area contributed by atoms with Gasteiger partial charge in [-0.1, -0.05) is 25.7 Å². The van der Waals surface area contributed by atoms with E-state index in [9.17, 15) is 4.79 Å². The van der Waals surface area contributed by atoms with Crippen molar-refractivity contribution in [3.63, 3.8) is 0 Å². The lowest BCUT2D eigenvalue weighted by Gasteiger charge is -2.39. The van der Waals surface area contributed by atoms with Crippen LogP contribution >= 0.6 is 0 Å². The summed E-state index contributed by atoms with van der Waals surface area (Å²) in [5, 5.41) is 0. The molecular weight excluding hydrogens is 236 g/mol. The molecule has 0 amide bonds. The predicted octanol–water partition coefficient (Wildman–Crippen LogP) is 2.31. The van der Waals surface area contributed by atoms with Crippen LogP contribution in [0.15, 0.2) is 0 Å². The quantitative estimate of drug-likeness (QED) is 0.575. The topological polar surface area (TPSA) is 23.6 Å². The van der Waals surface area contributed by atoms with E-state index in [1.807, 2.05) is 0 Å². The molecule has 1 aliphatic heterocycles. The van der Waals surface area contributed by atoms with Gasteiger partial charge in [0.25, 0.3) is 0 Å². The van der Waals surface area contributed by atoms with Gasteiger partial charge in [0, 0.05) is 44.2 Å². The third-order valence-electron chi connectivity index (χ3n) is 5.36. The summed E-state index contributed by atoms with van der Waals surface area (Å²) in [4.78, 5) is 16.9. The highest BCUT2D eigenvalue weighted by Crippen LogP contribution is 2.35. The Kier molecular flexibility index (Phi) is 4.23. The summed E-state index contributed by atoms with van der Waals surface area (Å²) < 4.78 is 0. The van der Waals surface area contributed by atoms with Crippen molar-refractivity contribution in [1.82, 2.24) is 9.80 Å². The molecule has 0 spiro atoms. The van der Waals surface area contributed by atoms with Crippen molar-refractivity contribution >= 4 is 6.29 Å². The molecule has 0 N–H and O–H groups in total. The zero-order chi connectivity index (χ0) is 13.1. The molecule has 2 aliphatic carbocycles. The van der Waals surface area contributed by atoms with Crippen LogP contribution in [0.3, 0.4) is 0 Å². The van der Waals surface area contributed by atoms with Crippen LogP contribution in [0.2, 0.25) is 0 Å². The van der Waals surface area contributed by atoms with Crippen LogP contribution in [0, 0.1) is 5.41 Å². The Labute approximate surface area is 117 Å². The maximum Gasteiger partial charge on any atom is 0.127 e. The van der Waals surface area contributed by atoms with Crippen molar-refractivity contribution in [1.29, 1.82) is 0 Å². The molecule has 0 atom stereocenters. The minimum Gasteiger partial charge on any atom is -0.303 e. The van der Waals surface area contributed by atoms with E-state index in [0.717, 1.165) is 25.4 Å². The van der Waals surface area contributed by atoms with Gasteiger partial charge in [0.2, 0.25) is 0 Å². The van der Waals surface area contributed by atoms with Gasteiger partial charge in [-0.2, -0.15) is 0 Å². The standard InChI is InChI=1S/C16H28N2O/c19-14-16(7-3-1-2-4-8-16)13-17-9-11-18(12-10-17)15-5-6-15/h14-15H,1-13H2. The van der Waals surface area contributed by atoms with E-state index >= 15 is 0 Å². The molecule has 0 aromatic rings. The molecule has 0 aromatic heterocycles. The fourth-order valence-electron chi connectivity index (χ4n) is 3.92. The summed E-state index contributed by atoms with van der Waals surface area (Å²) in [5.74, 6) is 0. The average molecular weight is 264 g/mol. The zero-order valence-electron chi connectivity index (χ0n) is 12.1. The molecule has 3 nitrogen and oxygen atoms in total. The van der Waals surface area contributed by atoms with E-state index in [1.165, 1.54) is 71.0 Å². The first-order chi connectivity index (χ1) is 9.31. The third kappa shape index (κ3) is 3.38. The average Bonchev–Trinajstić information content (AvgIpc) is 3.27. The molecule has 3 rings (SSSR count). The molecule has 0 radical (unpaired) electrons. The molecule has 0 bridgehead atoms. The Bertz CT molecular complexity index is 298. The molecule has 19 heavy (non-hydrogen) atoms. The highest BCUT2D eigenvalue weighted by Gasteiger charge is 2.35. The Balaban J connectivity index is 1.52. The minimum atomic E-state index is -0.0156. The first-order valence-corrected chi connectivity index (χ1v) is 8.24. The van der Waals surface area contributed by atoms with Crippen molar-refractivity contribution < 1.29 is 4.79 Å². The fraction of sp³-hybridized carbons (Fsp3) is 0.938. The van der Waals surface area contributed by atoms with Crippen molar-refractivity contribution in [2.45, 2.75) is 57.4 Å². The van der Waals surface area contributed by atoms with Crippen molar-refractivity contribution in [3.05, 3.63) is 0 Å². The Hall–Kier alpha value is -0.410. The minimum absolute atomic E-state index is 0.0156. The lowest BCUT2D eigenvalue weighted by Crippen LogP contribution is -2.50. The number of hydrogen-bond acceptors (Lipinski definition) is 3. The van der Waals surface area contributed by atoms with Crippen LogP contribution in [0.25, 0.3) is 0 Å². The van der Waals surface area contributed by atoms with Crippen molar-refractivity contribution in [2.24, 2.45) is 5.41 Å². The van der Waals surface area contributed by atoms with E-state index in [-0.39, 0.29) is 5.41 Å². The number of nitrogens with zero attached hydrogens (tertiary/aromatic N) is 2. The lowest BCUT2D eigenvalue weighted by atomic mass is 9.81. The molecule has 3 heteroatoms. The van der Waals surface area contributed by atoms with E-state index < -0.39 is 0 Å². The first kappa shape index (κ1) is 13.6. The highest BCUT2D eigenvalue weighted by atomic mass is 16.1. The molecule has 3 aliphatic rings. The molecule has 3 fully saturated rings. The molecule has 0 unspecified atom stereocenters. The second kappa shape index (κ2) is 5.92. The molecule has 1 heterocycles. The van der Waals surface area contributed by atoms with Crippen LogP contribution in [0.4, 0.5) is 0 Å². The number of piperazine rings is 1. The van der Waals surface area contributed by atoms with Gasteiger partial charge in [0.1, 0.15) is 6.29 Å². The van der Waals surface area contributed by atoms with Gasteiger partial charge in [-0.3, -0.25) is 9.80 Å². The largest absolute Gasteiger partial charge is 0.303 e.